The number of nitrogens with one attached hydrogen (secondary N) is 3. The largest absolute Gasteiger partial charge is 0.491 e. The highest BCUT2D eigenvalue weighted by Gasteiger charge is 2.40. The highest BCUT2D eigenvalue weighted by molar-refractivity contribution is 6.34. The molecule has 0 radical (unpaired) electrons. The number of aryl methyl sites for hydroxylation is 5. The smallest absolute Gasteiger partial charge is 0.339 e. The molecule has 0 fully saturated rings. The summed E-state index contributed by atoms with van der Waals surface area (Å²) in [6.45, 7) is 21.7. The van der Waals surface area contributed by atoms with Crippen LogP contribution in [0.15, 0.2) is 88.7 Å². The predicted octanol–water partition coefficient (Wildman–Crippen LogP) is 10.5. The van der Waals surface area contributed by atoms with Gasteiger partial charge < -0.3 is 50.2 Å². The van der Waals surface area contributed by atoms with Gasteiger partial charge in [-0.1, -0.05) is 64.7 Å². The minimum atomic E-state index is -1.27. The molecule has 0 unspecified atom stereocenters. The summed E-state index contributed by atoms with van der Waals surface area (Å²) in [7, 11) is 2.64. The molecule has 0 aliphatic carbocycles. The van der Waals surface area contributed by atoms with Crippen molar-refractivity contribution in [2.24, 2.45) is 16.6 Å². The minimum absolute atomic E-state index is 0.00229. The number of rotatable bonds is 14. The molecule has 2 aliphatic heterocycles. The van der Waals surface area contributed by atoms with E-state index in [4.69, 9.17) is 47.2 Å². The first-order valence-electron chi connectivity index (χ1n) is 26.5. The van der Waals surface area contributed by atoms with Crippen molar-refractivity contribution >= 4 is 87.0 Å². The molecule has 2 amide bonds. The number of anilines is 7. The van der Waals surface area contributed by atoms with Crippen LogP contribution in [0, 0.1) is 45.4 Å². The number of carboxylic acids is 2. The molecule has 24 heteroatoms. The number of hydrogen-bond acceptors (Lipinski definition) is 18. The van der Waals surface area contributed by atoms with Gasteiger partial charge in [0, 0.05) is 32.9 Å². The second-order valence-electron chi connectivity index (χ2n) is 22.6. The van der Waals surface area contributed by atoms with Gasteiger partial charge in [-0.25, -0.2) is 14.6 Å². The van der Waals surface area contributed by atoms with E-state index < -0.39 is 56.9 Å². The third-order valence-corrected chi connectivity index (χ3v) is 15.4. The maximum Gasteiger partial charge on any atom is 0.339 e. The molecule has 0 saturated heterocycles. The van der Waals surface area contributed by atoms with Gasteiger partial charge in [0.2, 0.25) is 5.88 Å². The summed E-state index contributed by atoms with van der Waals surface area (Å²) >= 11 is 12.7. The van der Waals surface area contributed by atoms with Crippen LogP contribution in [-0.4, -0.2) is 58.2 Å². The lowest BCUT2D eigenvalue weighted by molar-refractivity contribution is 0.0685. The maximum absolute atomic E-state index is 13.7. The monoisotopic (exact) mass is 1200 g/mol. The number of fused-ring (bicyclic) bond motifs is 2. The van der Waals surface area contributed by atoms with Gasteiger partial charge >= 0.3 is 11.9 Å². The molecule has 22 nitrogen and oxygen atoms in total. The number of aromatic carboxylic acids is 2. The van der Waals surface area contributed by atoms with E-state index in [0.717, 1.165) is 22.8 Å². The number of amides is 2. The zero-order chi connectivity index (χ0) is 62.6. The number of benzene rings is 2. The molecular weight excluding hydrogens is 1140 g/mol. The number of hydrogen-bond donors (Lipinski definition) is 6. The van der Waals surface area contributed by atoms with Gasteiger partial charge in [-0.2, -0.15) is 4.98 Å². The number of carbonyl (C=O) groups excluding carboxylic acids is 2. The highest BCUT2D eigenvalue weighted by atomic mass is 35.5. The molecule has 0 spiro atoms. The normalized spacial score (nSPS) is 13.6. The quantitative estimate of drug-likeness (QED) is 0.0551. The van der Waals surface area contributed by atoms with Crippen molar-refractivity contribution in [1.29, 1.82) is 0 Å². The molecule has 444 valence electrons. The summed E-state index contributed by atoms with van der Waals surface area (Å²) in [5.74, 6) is -0.502. The van der Waals surface area contributed by atoms with E-state index >= 15 is 0 Å². The van der Waals surface area contributed by atoms with Crippen molar-refractivity contribution in [1.82, 2.24) is 9.97 Å². The van der Waals surface area contributed by atoms with Gasteiger partial charge in [0.15, 0.2) is 17.4 Å². The standard InChI is InChI=1S/C30H29ClN4O7.C20H14ClN3O6.C11H19NO/c1-13-11-19(42-14(13)2)26(30(3,4)5)34-23-22(24(36)25(23)37)32-18-9-8-17(31)16-12-35(28(38)21(16)18)27-15(29(39)40)7-10-20(33-27)41-6;1-8-3-4-9(20(28)29)18(22-8)24-7-10-11(21)5-6-12(13(10)19(24)27)23-14-15(25)16(26)17(14)30-2;1-7-6-9(13-8(7)2)10(12)11(3,4)5/h7-11,26,32,34H,12H2,1-6H3,(H,39,40);3-6,23H,7H2,1-2H3,(H,28,29);6,10H,12H2,1-5H3/t26-;;10-/m0.0/s1. The Kier molecular flexibility index (Phi) is 17.1. The molecular formula is C61H62Cl2N8O14. The van der Waals surface area contributed by atoms with Gasteiger partial charge in [0.1, 0.15) is 51.2 Å². The van der Waals surface area contributed by atoms with Crippen LogP contribution in [0.4, 0.5) is 40.1 Å². The summed E-state index contributed by atoms with van der Waals surface area (Å²) in [5, 5.41) is 28.7. The zero-order valence-electron chi connectivity index (χ0n) is 48.8. The number of furan rings is 2. The number of nitrogens with two attached hydrogens (primary N) is 1. The Labute approximate surface area is 496 Å². The van der Waals surface area contributed by atoms with Crippen LogP contribution >= 0.6 is 23.2 Å². The third-order valence-electron chi connectivity index (χ3n) is 14.7. The zero-order valence-corrected chi connectivity index (χ0v) is 50.3. The number of carbonyl (C=O) groups is 4. The Morgan fingerprint density at radius 1 is 0.612 bits per heavy atom. The first-order chi connectivity index (χ1) is 39.8. The van der Waals surface area contributed by atoms with Gasteiger partial charge in [0.05, 0.1) is 61.9 Å². The molecule has 0 saturated carbocycles. The van der Waals surface area contributed by atoms with Crippen LogP contribution in [0.3, 0.4) is 0 Å². The molecule has 4 aromatic heterocycles. The van der Waals surface area contributed by atoms with Gasteiger partial charge in [-0.15, -0.1) is 0 Å². The van der Waals surface area contributed by atoms with Gasteiger partial charge in [-0.05, 0) is 111 Å². The Morgan fingerprint density at radius 3 is 1.52 bits per heavy atom. The van der Waals surface area contributed by atoms with E-state index in [2.05, 4.69) is 46.7 Å². The summed E-state index contributed by atoms with van der Waals surface area (Å²) in [6, 6.07) is 15.2. The Morgan fingerprint density at radius 2 is 1.07 bits per heavy atom. The number of ether oxygens (including phenoxy) is 2. The number of methoxy groups -OCH3 is 2. The van der Waals surface area contributed by atoms with Crippen molar-refractivity contribution in [3.63, 3.8) is 0 Å². The molecule has 0 bridgehead atoms. The van der Waals surface area contributed by atoms with E-state index in [0.29, 0.717) is 27.6 Å². The molecule has 7 N–H and O–H groups in total. The van der Waals surface area contributed by atoms with Crippen LogP contribution in [0.2, 0.25) is 10.0 Å². The number of carboxylic acid groups (broad SMARTS) is 2. The summed E-state index contributed by atoms with van der Waals surface area (Å²) < 4.78 is 21.6. The highest BCUT2D eigenvalue weighted by Crippen LogP contribution is 2.43. The van der Waals surface area contributed by atoms with Crippen molar-refractivity contribution in [2.75, 3.05) is 40.0 Å². The lowest BCUT2D eigenvalue weighted by atomic mass is 9.84. The summed E-state index contributed by atoms with van der Waals surface area (Å²) in [5.41, 5.74) is 6.74. The lowest BCUT2D eigenvalue weighted by Gasteiger charge is -2.31. The second-order valence-corrected chi connectivity index (χ2v) is 23.4. The predicted molar refractivity (Wildman–Crippen MR) is 322 cm³/mol. The summed E-state index contributed by atoms with van der Waals surface area (Å²) in [6.07, 6.45) is 0. The van der Waals surface area contributed by atoms with Crippen LogP contribution in [-0.2, 0) is 13.1 Å². The SMILES string of the molecule is COc1c(Nc2ccc(Cl)c3c2C(=O)N(c2nc(C)ccc2C(=O)O)C3)c(=O)c1=O.COc1ccc(C(=O)O)c(N2Cc3c(Cl)ccc(Nc4c(N[C@@H](c5cc(C)c(C)o5)C(C)(C)C)c(=O)c4=O)c3C2=O)n1.Cc1cc([C@H](N)C(C)(C)C)oc1C. The Bertz CT molecular complexity index is 4130. The lowest BCUT2D eigenvalue weighted by Crippen LogP contribution is -2.39. The molecule has 2 aliphatic rings. The molecule has 8 aromatic rings. The number of pyridine rings is 2. The van der Waals surface area contributed by atoms with Crippen molar-refractivity contribution in [3.8, 4) is 11.6 Å². The van der Waals surface area contributed by atoms with E-state index in [1.165, 1.54) is 59.9 Å². The average molecular weight is 1200 g/mol. The van der Waals surface area contributed by atoms with E-state index in [-0.39, 0.29) is 104 Å². The topological polar surface area (TPSA) is 316 Å². The van der Waals surface area contributed by atoms with Gasteiger partial charge in [-0.3, -0.25) is 38.6 Å². The van der Waals surface area contributed by atoms with Crippen LogP contribution in [0.25, 0.3) is 0 Å². The van der Waals surface area contributed by atoms with Crippen molar-refractivity contribution in [2.45, 2.75) is 101 Å². The maximum atomic E-state index is 13.7. The van der Waals surface area contributed by atoms with Crippen LogP contribution < -0.4 is 62.7 Å². The first-order valence-corrected chi connectivity index (χ1v) is 27.2. The number of halogens is 2. The van der Waals surface area contributed by atoms with E-state index in [1.807, 2.05) is 60.6 Å². The summed E-state index contributed by atoms with van der Waals surface area (Å²) in [4.78, 5) is 110. The number of nitrogens with zero attached hydrogens (tertiary/aromatic N) is 4. The Balaban J connectivity index is 0.000000189. The fraction of sp³-hybridized carbons (Fsp3) is 0.311. The minimum Gasteiger partial charge on any atom is -0.491 e. The van der Waals surface area contributed by atoms with Crippen molar-refractivity contribution in [3.05, 3.63) is 185 Å². The fourth-order valence-corrected chi connectivity index (χ4v) is 9.97. The van der Waals surface area contributed by atoms with Crippen molar-refractivity contribution < 1.29 is 47.7 Å². The van der Waals surface area contributed by atoms with Crippen LogP contribution in [0.5, 0.6) is 11.6 Å². The van der Waals surface area contributed by atoms with E-state index in [9.17, 15) is 48.6 Å². The molecule has 2 atom stereocenters. The number of aromatic nitrogens is 2. The molecule has 4 aromatic carbocycles. The molecule has 85 heavy (non-hydrogen) atoms. The molecule has 10 rings (SSSR count). The average Bonchev–Trinajstić information content (AvgIpc) is 1.94. The second kappa shape index (κ2) is 23.5. The van der Waals surface area contributed by atoms with Gasteiger partial charge in [0.25, 0.3) is 33.5 Å². The van der Waals surface area contributed by atoms with E-state index in [1.54, 1.807) is 25.1 Å². The first kappa shape index (κ1) is 61.9. The van der Waals surface area contributed by atoms with Crippen LogP contribution in [0.1, 0.15) is 146 Å². The molecule has 6 heterocycles. The fourth-order valence-electron chi connectivity index (χ4n) is 9.54. The third kappa shape index (κ3) is 11.9. The Hall–Kier alpha value is -9.12.